The van der Waals surface area contributed by atoms with Crippen LogP contribution in [0.15, 0.2) is 21.9 Å². The Kier molecular flexibility index (Phi) is 2.31. The summed E-state index contributed by atoms with van der Waals surface area (Å²) in [5, 5.41) is 10.2. The van der Waals surface area contributed by atoms with Gasteiger partial charge in [0.1, 0.15) is 0 Å². The lowest BCUT2D eigenvalue weighted by molar-refractivity contribution is -0.418. The molecule has 0 bridgehead atoms. The Morgan fingerprint density at radius 2 is 2.30 bits per heavy atom. The highest BCUT2D eigenvalue weighted by Crippen LogP contribution is 2.15. The fourth-order valence-electron chi connectivity index (χ4n) is 0.516. The van der Waals surface area contributed by atoms with Crippen LogP contribution in [0.25, 0.3) is 0 Å². The van der Waals surface area contributed by atoms with E-state index in [2.05, 4.69) is 0 Å². The Balaban J connectivity index is 2.88. The summed E-state index contributed by atoms with van der Waals surface area (Å²) in [4.78, 5) is 9.81. The van der Waals surface area contributed by atoms with E-state index in [9.17, 15) is 10.1 Å². The smallest absolute Gasteiger partial charge is 0.258 e. The lowest BCUT2D eigenvalue weighted by Crippen LogP contribution is -1.96. The van der Waals surface area contributed by atoms with Crippen molar-refractivity contribution in [3.05, 3.63) is 32.0 Å². The number of hydrogen-bond donors (Lipinski definition) is 0. The summed E-state index contributed by atoms with van der Waals surface area (Å²) >= 11 is -0.196. The molecule has 0 amide bonds. The van der Waals surface area contributed by atoms with Crippen molar-refractivity contribution in [3.8, 4) is 0 Å². The minimum Gasteiger partial charge on any atom is -0.258 e. The number of nitro groups is 1. The van der Waals surface area contributed by atoms with Gasteiger partial charge in [-0.1, -0.05) is 20.7 Å². The molecule has 1 aliphatic rings. The lowest BCUT2D eigenvalue weighted by Gasteiger charge is -1.94. The third-order valence-electron chi connectivity index (χ3n) is 1.03. The van der Waals surface area contributed by atoms with Gasteiger partial charge in [0, 0.05) is 10.2 Å². The van der Waals surface area contributed by atoms with Gasteiger partial charge in [-0.3, -0.25) is 10.1 Å². The Hall–Kier alpha value is -0.520. The molecule has 0 aromatic rings. The zero-order valence-electron chi connectivity index (χ0n) is 5.37. The van der Waals surface area contributed by atoms with Gasteiger partial charge >= 0.3 is 0 Å². The molecule has 0 unspecified atom stereocenters. The fraction of sp³-hybridized carbons (Fsp3) is 0.167. The number of allylic oxidation sites excluding steroid dienone is 2. The molecule has 3 nitrogen and oxygen atoms in total. The maximum absolute atomic E-state index is 10.2. The Bertz CT molecular complexity index is 252. The lowest BCUT2D eigenvalue weighted by atomic mass is 10.4. The molecular formula is C6H6INO2. The first-order valence-corrected chi connectivity index (χ1v) is 5.02. The number of hydrogen-bond acceptors (Lipinski definition) is 2. The van der Waals surface area contributed by atoms with Crippen molar-refractivity contribution in [3.63, 3.8) is 0 Å². The van der Waals surface area contributed by atoms with Crippen LogP contribution in [0.2, 0.25) is 0 Å². The predicted molar refractivity (Wildman–Crippen MR) is 48.9 cm³/mol. The third-order valence-corrected chi connectivity index (χ3v) is 3.32. The highest BCUT2D eigenvalue weighted by molar-refractivity contribution is 14.2. The minimum absolute atomic E-state index is 0.196. The average molecular weight is 251 g/mol. The minimum atomic E-state index is -0.345. The van der Waals surface area contributed by atoms with E-state index in [0.29, 0.717) is 0 Å². The van der Waals surface area contributed by atoms with E-state index in [1.807, 2.05) is 13.0 Å². The fourth-order valence-corrected chi connectivity index (χ4v) is 2.15. The van der Waals surface area contributed by atoms with Crippen molar-refractivity contribution in [2.75, 3.05) is 0 Å². The molecule has 0 aromatic heterocycles. The highest BCUT2D eigenvalue weighted by Gasteiger charge is 2.06. The van der Waals surface area contributed by atoms with E-state index in [-0.39, 0.29) is 31.4 Å². The molecular weight excluding hydrogens is 245 g/mol. The van der Waals surface area contributed by atoms with Crippen molar-refractivity contribution in [2.24, 2.45) is 0 Å². The summed E-state index contributed by atoms with van der Waals surface area (Å²) in [7, 11) is 0. The maximum Gasteiger partial charge on any atom is 0.275 e. The monoisotopic (exact) mass is 251 g/mol. The van der Waals surface area contributed by atoms with Crippen molar-refractivity contribution < 1.29 is 4.92 Å². The van der Waals surface area contributed by atoms with E-state index < -0.39 is 0 Å². The van der Waals surface area contributed by atoms with Gasteiger partial charge in [-0.2, -0.15) is 0 Å². The first kappa shape index (κ1) is 7.59. The predicted octanol–water partition coefficient (Wildman–Crippen LogP) is 1.84. The van der Waals surface area contributed by atoms with Crippen LogP contribution >= 0.6 is 20.7 Å². The van der Waals surface area contributed by atoms with Crippen LogP contribution in [-0.2, 0) is 0 Å². The van der Waals surface area contributed by atoms with E-state index in [1.54, 1.807) is 10.2 Å². The quantitative estimate of drug-likeness (QED) is 0.405. The summed E-state index contributed by atoms with van der Waals surface area (Å²) in [5.74, 6) is 0. The van der Waals surface area contributed by atoms with Crippen LogP contribution in [0.3, 0.4) is 0 Å². The molecule has 0 atom stereocenters. The molecule has 0 spiro atoms. The first-order valence-electron chi connectivity index (χ1n) is 2.70. The van der Waals surface area contributed by atoms with E-state index >= 15 is 0 Å². The Morgan fingerprint density at radius 3 is 2.70 bits per heavy atom. The largest absolute Gasteiger partial charge is 0.275 e. The summed E-state index contributed by atoms with van der Waals surface area (Å²) in [6, 6.07) is 0. The topological polar surface area (TPSA) is 43.1 Å². The number of rotatable bonds is 1. The van der Waals surface area contributed by atoms with Gasteiger partial charge in [0.2, 0.25) is 0 Å². The SMILES string of the molecule is CC1=IC=C([N+](=O)[O-])C=C1. The van der Waals surface area contributed by atoms with Crippen LogP contribution in [0.5, 0.6) is 0 Å². The molecule has 0 fully saturated rings. The van der Waals surface area contributed by atoms with Crippen LogP contribution in [0.1, 0.15) is 6.92 Å². The number of halogens is 1. The summed E-state index contributed by atoms with van der Waals surface area (Å²) in [6.45, 7) is 2.00. The Morgan fingerprint density at radius 1 is 1.60 bits per heavy atom. The zero-order chi connectivity index (χ0) is 7.56. The van der Waals surface area contributed by atoms with Crippen LogP contribution < -0.4 is 0 Å². The van der Waals surface area contributed by atoms with E-state index in [0.717, 1.165) is 0 Å². The molecule has 0 radical (unpaired) electrons. The molecule has 10 heavy (non-hydrogen) atoms. The van der Waals surface area contributed by atoms with Gasteiger partial charge in [-0.15, -0.1) is 0 Å². The van der Waals surface area contributed by atoms with Crippen LogP contribution in [-0.4, -0.2) is 8.43 Å². The molecule has 0 aliphatic carbocycles. The van der Waals surface area contributed by atoms with Gasteiger partial charge in [-0.05, 0) is 16.5 Å². The van der Waals surface area contributed by atoms with Gasteiger partial charge in [0.25, 0.3) is 5.70 Å². The number of nitrogens with zero attached hydrogens (tertiary/aromatic N) is 1. The zero-order valence-corrected chi connectivity index (χ0v) is 7.53. The molecule has 1 rings (SSSR count). The Labute approximate surface area is 68.3 Å². The molecule has 1 aliphatic heterocycles. The van der Waals surface area contributed by atoms with Gasteiger partial charge in [0.05, 0.1) is 4.92 Å². The molecule has 0 N–H and O–H groups in total. The van der Waals surface area contributed by atoms with Gasteiger partial charge in [0.15, 0.2) is 0 Å². The summed E-state index contributed by atoms with van der Waals surface area (Å²) in [6.07, 6.45) is 3.38. The van der Waals surface area contributed by atoms with Crippen LogP contribution in [0.4, 0.5) is 0 Å². The molecule has 1 heterocycles. The van der Waals surface area contributed by atoms with E-state index in [4.69, 9.17) is 0 Å². The molecule has 0 saturated carbocycles. The van der Waals surface area contributed by atoms with Crippen molar-refractivity contribution in [1.29, 1.82) is 0 Å². The molecule has 0 aromatic carbocycles. The van der Waals surface area contributed by atoms with Crippen LogP contribution in [0, 0.1) is 10.1 Å². The summed E-state index contributed by atoms with van der Waals surface area (Å²) < 4.78 is 3.00. The molecule has 0 saturated heterocycles. The van der Waals surface area contributed by atoms with Gasteiger partial charge in [-0.25, -0.2) is 0 Å². The third kappa shape index (κ3) is 1.73. The van der Waals surface area contributed by atoms with Crippen molar-refractivity contribution in [2.45, 2.75) is 6.92 Å². The summed E-state index contributed by atoms with van der Waals surface area (Å²) in [5.41, 5.74) is 0.249. The second-order valence-electron chi connectivity index (χ2n) is 1.82. The van der Waals surface area contributed by atoms with Crippen molar-refractivity contribution >= 4 is 24.2 Å². The second kappa shape index (κ2) is 3.05. The second-order valence-corrected chi connectivity index (χ2v) is 4.77. The maximum atomic E-state index is 10.2. The molecule has 54 valence electrons. The molecule has 4 heteroatoms. The first-order chi connectivity index (χ1) is 4.70. The van der Waals surface area contributed by atoms with Crippen molar-refractivity contribution in [1.82, 2.24) is 0 Å². The normalized spacial score (nSPS) is 16.9. The highest BCUT2D eigenvalue weighted by atomic mass is 127. The van der Waals surface area contributed by atoms with E-state index in [1.165, 1.54) is 3.51 Å². The standard InChI is InChI=1S/C6H6INO2/c1-5-2-3-6(4-7-5)8(9)10/h2-4H,1H3. The van der Waals surface area contributed by atoms with Gasteiger partial charge < -0.3 is 0 Å². The average Bonchev–Trinajstić information content (AvgIpc) is 1.88.